The van der Waals surface area contributed by atoms with E-state index in [4.69, 9.17) is 0 Å². The van der Waals surface area contributed by atoms with E-state index >= 15 is 0 Å². The molecule has 0 aromatic heterocycles. The molecule has 76 valence electrons. The summed E-state index contributed by atoms with van der Waals surface area (Å²) in [7, 11) is 0. The molecule has 1 fully saturated rings. The first-order valence-electron chi connectivity index (χ1n) is 5.16. The molecule has 0 bridgehead atoms. The molecule has 2 atom stereocenters. The second-order valence-electron chi connectivity index (χ2n) is 4.24. The highest BCUT2D eigenvalue weighted by molar-refractivity contribution is 5.74. The maximum Gasteiger partial charge on any atom is 0.233 e. The lowest BCUT2D eigenvalue weighted by Gasteiger charge is -2.34. The average Bonchev–Trinajstić information content (AvgIpc) is 2.02. The molecule has 1 amide bonds. The summed E-state index contributed by atoms with van der Waals surface area (Å²) < 4.78 is 0. The molecule has 13 heavy (non-hydrogen) atoms. The van der Waals surface area contributed by atoms with Crippen LogP contribution in [0.4, 0.5) is 0 Å². The van der Waals surface area contributed by atoms with E-state index in [1.807, 2.05) is 6.92 Å². The van der Waals surface area contributed by atoms with Crippen molar-refractivity contribution in [1.29, 1.82) is 0 Å². The summed E-state index contributed by atoms with van der Waals surface area (Å²) in [5.41, 5.74) is 2.92. The van der Waals surface area contributed by atoms with Gasteiger partial charge in [0.25, 0.3) is 0 Å². The van der Waals surface area contributed by atoms with E-state index in [1.165, 1.54) is 6.42 Å². The number of piperidine rings is 1. The lowest BCUT2D eigenvalue weighted by atomic mass is 9.93. The lowest BCUT2D eigenvalue weighted by Crippen LogP contribution is -2.49. The van der Waals surface area contributed by atoms with E-state index in [9.17, 15) is 4.79 Å². The van der Waals surface area contributed by atoms with Crippen LogP contribution in [-0.4, -0.2) is 24.0 Å². The zero-order valence-corrected chi connectivity index (χ0v) is 8.84. The van der Waals surface area contributed by atoms with Crippen molar-refractivity contribution in [3.8, 4) is 0 Å². The van der Waals surface area contributed by atoms with Gasteiger partial charge >= 0.3 is 0 Å². The van der Waals surface area contributed by atoms with Crippen LogP contribution >= 0.6 is 0 Å². The topological polar surface area (TPSA) is 32.3 Å². The zero-order valence-electron chi connectivity index (χ0n) is 8.84. The van der Waals surface area contributed by atoms with Gasteiger partial charge in [-0.1, -0.05) is 20.8 Å². The van der Waals surface area contributed by atoms with Gasteiger partial charge in [-0.2, -0.15) is 0 Å². The van der Waals surface area contributed by atoms with E-state index in [0.717, 1.165) is 13.1 Å². The number of hydrazine groups is 1. The number of carbonyl (C=O) groups is 1. The third-order valence-electron chi connectivity index (χ3n) is 2.47. The quantitative estimate of drug-likeness (QED) is 0.703. The number of hydrogen-bond donors (Lipinski definition) is 1. The number of amides is 1. The summed E-state index contributed by atoms with van der Waals surface area (Å²) in [6.45, 7) is 8.35. The Morgan fingerprint density at radius 2 is 1.92 bits per heavy atom. The van der Waals surface area contributed by atoms with Crippen molar-refractivity contribution >= 4 is 5.91 Å². The monoisotopic (exact) mass is 184 g/mol. The summed E-state index contributed by atoms with van der Waals surface area (Å²) >= 11 is 0. The van der Waals surface area contributed by atoms with Gasteiger partial charge in [-0.25, -0.2) is 5.01 Å². The van der Waals surface area contributed by atoms with Crippen molar-refractivity contribution in [3.05, 3.63) is 0 Å². The van der Waals surface area contributed by atoms with Crippen LogP contribution in [0.3, 0.4) is 0 Å². The summed E-state index contributed by atoms with van der Waals surface area (Å²) in [6, 6.07) is 0. The van der Waals surface area contributed by atoms with Crippen LogP contribution in [0.25, 0.3) is 0 Å². The molecule has 0 radical (unpaired) electrons. The van der Waals surface area contributed by atoms with E-state index < -0.39 is 0 Å². The fourth-order valence-corrected chi connectivity index (χ4v) is 2.01. The fourth-order valence-electron chi connectivity index (χ4n) is 2.01. The highest BCUT2D eigenvalue weighted by Crippen LogP contribution is 2.19. The fraction of sp³-hybridized carbons (Fsp3) is 0.900. The van der Waals surface area contributed by atoms with Gasteiger partial charge in [0.05, 0.1) is 0 Å². The van der Waals surface area contributed by atoms with Gasteiger partial charge in [0.15, 0.2) is 0 Å². The zero-order chi connectivity index (χ0) is 9.84. The van der Waals surface area contributed by atoms with Crippen molar-refractivity contribution in [2.75, 3.05) is 13.1 Å². The Morgan fingerprint density at radius 3 is 2.38 bits per heavy atom. The van der Waals surface area contributed by atoms with Gasteiger partial charge < -0.3 is 0 Å². The van der Waals surface area contributed by atoms with Crippen LogP contribution in [0.5, 0.6) is 0 Å². The Balaban J connectivity index is 2.37. The van der Waals surface area contributed by atoms with Crippen molar-refractivity contribution in [2.45, 2.75) is 33.6 Å². The van der Waals surface area contributed by atoms with Crippen LogP contribution in [0.1, 0.15) is 33.6 Å². The van der Waals surface area contributed by atoms with E-state index in [2.05, 4.69) is 24.3 Å². The molecule has 0 aromatic carbocycles. The third kappa shape index (κ3) is 3.35. The molecule has 1 saturated heterocycles. The third-order valence-corrected chi connectivity index (χ3v) is 2.47. The predicted octanol–water partition coefficient (Wildman–Crippen LogP) is 1.41. The summed E-state index contributed by atoms with van der Waals surface area (Å²) in [5, 5.41) is 2.06. The minimum Gasteiger partial charge on any atom is -0.289 e. The van der Waals surface area contributed by atoms with Crippen molar-refractivity contribution in [1.82, 2.24) is 10.4 Å². The van der Waals surface area contributed by atoms with Crippen molar-refractivity contribution in [2.24, 2.45) is 11.8 Å². The predicted molar refractivity (Wildman–Crippen MR) is 53.0 cm³/mol. The number of rotatable bonds is 2. The molecule has 0 spiro atoms. The molecule has 1 heterocycles. The molecule has 3 heteroatoms. The summed E-state index contributed by atoms with van der Waals surface area (Å²) in [6.07, 6.45) is 1.84. The van der Waals surface area contributed by atoms with Crippen LogP contribution in [-0.2, 0) is 4.79 Å². The summed E-state index contributed by atoms with van der Waals surface area (Å²) in [4.78, 5) is 11.1. The highest BCUT2D eigenvalue weighted by Gasteiger charge is 2.22. The number of nitrogens with zero attached hydrogens (tertiary/aromatic N) is 1. The van der Waals surface area contributed by atoms with Crippen LogP contribution in [0.2, 0.25) is 0 Å². The number of nitrogens with one attached hydrogen (secondary N) is 1. The van der Waals surface area contributed by atoms with Gasteiger partial charge in [0.1, 0.15) is 0 Å². The van der Waals surface area contributed by atoms with Gasteiger partial charge in [-0.15, -0.1) is 0 Å². The number of carbonyl (C=O) groups excluding carboxylic acids is 1. The first-order chi connectivity index (χ1) is 6.11. The molecule has 1 aliphatic heterocycles. The van der Waals surface area contributed by atoms with Gasteiger partial charge in [0, 0.05) is 19.5 Å². The molecule has 1 rings (SSSR count). The molecule has 0 aromatic rings. The smallest absolute Gasteiger partial charge is 0.233 e. The molecular formula is C10H20N2O. The largest absolute Gasteiger partial charge is 0.289 e. The van der Waals surface area contributed by atoms with Crippen molar-refractivity contribution in [3.63, 3.8) is 0 Å². The van der Waals surface area contributed by atoms with E-state index in [-0.39, 0.29) is 5.91 Å². The Bertz CT molecular complexity index is 172. The number of hydrogen-bond acceptors (Lipinski definition) is 2. The van der Waals surface area contributed by atoms with Gasteiger partial charge in [-0.05, 0) is 18.3 Å². The molecule has 3 nitrogen and oxygen atoms in total. The second-order valence-corrected chi connectivity index (χ2v) is 4.24. The standard InChI is InChI=1S/C10H20N2O/c1-4-10(13)11-12-6-8(2)5-9(3)7-12/h8-9H,4-7H2,1-3H3,(H,11,13). The van der Waals surface area contributed by atoms with Crippen LogP contribution in [0, 0.1) is 11.8 Å². The molecule has 2 unspecified atom stereocenters. The van der Waals surface area contributed by atoms with E-state index in [0.29, 0.717) is 18.3 Å². The Labute approximate surface area is 80.5 Å². The van der Waals surface area contributed by atoms with Gasteiger partial charge in [0.2, 0.25) is 5.91 Å². The van der Waals surface area contributed by atoms with E-state index in [1.54, 1.807) is 0 Å². The molecule has 0 saturated carbocycles. The minimum atomic E-state index is 0.126. The molecule has 0 aliphatic carbocycles. The Morgan fingerprint density at radius 1 is 1.38 bits per heavy atom. The second kappa shape index (κ2) is 4.61. The maximum absolute atomic E-state index is 11.1. The minimum absolute atomic E-state index is 0.126. The average molecular weight is 184 g/mol. The Hall–Kier alpha value is -0.570. The van der Waals surface area contributed by atoms with Gasteiger partial charge in [-0.3, -0.25) is 10.2 Å². The lowest BCUT2D eigenvalue weighted by molar-refractivity contribution is -0.126. The van der Waals surface area contributed by atoms with Crippen molar-refractivity contribution < 1.29 is 4.79 Å². The van der Waals surface area contributed by atoms with Crippen LogP contribution < -0.4 is 5.43 Å². The molecular weight excluding hydrogens is 164 g/mol. The summed E-state index contributed by atoms with van der Waals surface area (Å²) in [5.74, 6) is 1.52. The highest BCUT2D eigenvalue weighted by atomic mass is 16.2. The molecule has 1 N–H and O–H groups in total. The maximum atomic E-state index is 11.1. The SMILES string of the molecule is CCC(=O)NN1CC(C)CC(C)C1. The first kappa shape index (κ1) is 10.5. The first-order valence-corrected chi connectivity index (χ1v) is 5.16. The molecule has 1 aliphatic rings. The Kier molecular flexibility index (Phi) is 3.72. The van der Waals surface area contributed by atoms with Crippen LogP contribution in [0.15, 0.2) is 0 Å². The normalized spacial score (nSPS) is 30.1.